The minimum absolute atomic E-state index is 0.617. The Hall–Kier alpha value is -0.830. The molecule has 1 fully saturated rings. The Morgan fingerprint density at radius 3 is 3.06 bits per heavy atom. The lowest BCUT2D eigenvalue weighted by Crippen LogP contribution is -2.36. The number of imidazole rings is 1. The van der Waals surface area contributed by atoms with Crippen LogP contribution in [0.1, 0.15) is 45.6 Å². The van der Waals surface area contributed by atoms with Crippen LogP contribution in [0.15, 0.2) is 18.7 Å². The fourth-order valence-corrected chi connectivity index (χ4v) is 2.50. The van der Waals surface area contributed by atoms with Gasteiger partial charge in [-0.05, 0) is 31.7 Å². The van der Waals surface area contributed by atoms with Gasteiger partial charge >= 0.3 is 0 Å². The first-order valence-electron chi connectivity index (χ1n) is 6.52. The number of rotatable bonds is 5. The van der Waals surface area contributed by atoms with Crippen molar-refractivity contribution in [3.8, 4) is 0 Å². The maximum absolute atomic E-state index is 4.15. The quantitative estimate of drug-likeness (QED) is 0.828. The molecule has 0 bridgehead atoms. The third-order valence-electron chi connectivity index (χ3n) is 3.81. The molecule has 0 saturated heterocycles. The first kappa shape index (κ1) is 11.6. The van der Waals surface area contributed by atoms with Crippen LogP contribution in [0.3, 0.4) is 0 Å². The molecule has 3 nitrogen and oxygen atoms in total. The summed E-state index contributed by atoms with van der Waals surface area (Å²) in [6.07, 6.45) is 11.1. The molecular formula is C13H23N3. The average Bonchev–Trinajstić information content (AvgIpc) is 2.95. The molecule has 1 N–H and O–H groups in total. The van der Waals surface area contributed by atoms with Crippen LogP contribution in [0.2, 0.25) is 0 Å². The van der Waals surface area contributed by atoms with Crippen molar-refractivity contribution in [2.45, 2.75) is 51.6 Å². The Bertz CT molecular complexity index is 294. The van der Waals surface area contributed by atoms with Gasteiger partial charge in [0.25, 0.3) is 0 Å². The molecular weight excluding hydrogens is 198 g/mol. The van der Waals surface area contributed by atoms with Crippen LogP contribution in [0.5, 0.6) is 0 Å². The van der Waals surface area contributed by atoms with Crippen molar-refractivity contribution in [3.05, 3.63) is 18.7 Å². The second-order valence-electron chi connectivity index (χ2n) is 5.04. The fourth-order valence-electron chi connectivity index (χ4n) is 2.50. The zero-order valence-corrected chi connectivity index (χ0v) is 10.4. The maximum atomic E-state index is 4.15. The highest BCUT2D eigenvalue weighted by molar-refractivity contribution is 4.91. The summed E-state index contributed by atoms with van der Waals surface area (Å²) in [5.74, 6) is 0.782. The zero-order chi connectivity index (χ0) is 11.4. The van der Waals surface area contributed by atoms with Crippen LogP contribution in [0, 0.1) is 5.92 Å². The van der Waals surface area contributed by atoms with Crippen LogP contribution in [0.4, 0.5) is 0 Å². The number of nitrogens with zero attached hydrogens (tertiary/aromatic N) is 2. The van der Waals surface area contributed by atoms with Gasteiger partial charge in [-0.1, -0.05) is 20.3 Å². The van der Waals surface area contributed by atoms with Crippen molar-refractivity contribution in [1.29, 1.82) is 0 Å². The van der Waals surface area contributed by atoms with E-state index in [1.165, 1.54) is 25.7 Å². The third kappa shape index (κ3) is 2.64. The van der Waals surface area contributed by atoms with E-state index >= 15 is 0 Å². The summed E-state index contributed by atoms with van der Waals surface area (Å²) < 4.78 is 2.27. The molecule has 1 aliphatic carbocycles. The molecule has 1 aromatic rings. The lowest BCUT2D eigenvalue weighted by atomic mass is 10.1. The number of hydrogen-bond acceptors (Lipinski definition) is 2. The Balaban J connectivity index is 1.89. The van der Waals surface area contributed by atoms with Gasteiger partial charge in [-0.3, -0.25) is 0 Å². The van der Waals surface area contributed by atoms with E-state index in [1.807, 2.05) is 12.5 Å². The van der Waals surface area contributed by atoms with E-state index in [0.717, 1.165) is 12.5 Å². The minimum atomic E-state index is 0.617. The van der Waals surface area contributed by atoms with E-state index in [-0.39, 0.29) is 0 Å². The van der Waals surface area contributed by atoms with Gasteiger partial charge in [0.1, 0.15) is 0 Å². The smallest absolute Gasteiger partial charge is 0.0949 e. The lowest BCUT2D eigenvalue weighted by Gasteiger charge is -2.23. The molecule has 2 rings (SSSR count). The van der Waals surface area contributed by atoms with Gasteiger partial charge in [0.05, 0.1) is 6.33 Å². The van der Waals surface area contributed by atoms with Crippen LogP contribution in [-0.2, 0) is 0 Å². The second kappa shape index (κ2) is 5.48. The first-order chi connectivity index (χ1) is 7.81. The van der Waals surface area contributed by atoms with Gasteiger partial charge in [-0.2, -0.15) is 0 Å². The molecule has 1 unspecified atom stereocenters. The Morgan fingerprint density at radius 1 is 1.50 bits per heavy atom. The van der Waals surface area contributed by atoms with Gasteiger partial charge < -0.3 is 9.88 Å². The highest BCUT2D eigenvalue weighted by Gasteiger charge is 2.27. The van der Waals surface area contributed by atoms with Gasteiger partial charge in [-0.25, -0.2) is 4.98 Å². The average molecular weight is 221 g/mol. The van der Waals surface area contributed by atoms with Gasteiger partial charge in [0.2, 0.25) is 0 Å². The van der Waals surface area contributed by atoms with E-state index < -0.39 is 0 Å². The molecule has 0 aromatic carbocycles. The normalized spacial score (nSPS) is 27.1. The minimum Gasteiger partial charge on any atom is -0.333 e. The summed E-state index contributed by atoms with van der Waals surface area (Å²) in [4.78, 5) is 4.15. The largest absolute Gasteiger partial charge is 0.333 e. The number of aromatic nitrogens is 2. The van der Waals surface area contributed by atoms with E-state index in [2.05, 4.69) is 34.9 Å². The molecule has 1 aromatic heterocycles. The molecule has 0 amide bonds. The van der Waals surface area contributed by atoms with Gasteiger partial charge in [0.15, 0.2) is 0 Å². The lowest BCUT2D eigenvalue weighted by molar-refractivity contribution is 0.364. The van der Waals surface area contributed by atoms with Crippen molar-refractivity contribution in [3.63, 3.8) is 0 Å². The summed E-state index contributed by atoms with van der Waals surface area (Å²) in [6, 6.07) is 1.26. The molecule has 1 saturated carbocycles. The first-order valence-corrected chi connectivity index (χ1v) is 6.52. The van der Waals surface area contributed by atoms with Crippen LogP contribution < -0.4 is 5.32 Å². The number of nitrogens with one attached hydrogen (secondary N) is 1. The van der Waals surface area contributed by atoms with Crippen LogP contribution in [-0.4, -0.2) is 22.1 Å². The molecule has 0 spiro atoms. The molecule has 90 valence electrons. The summed E-state index contributed by atoms with van der Waals surface area (Å²) in [5.41, 5.74) is 0. The second-order valence-corrected chi connectivity index (χ2v) is 5.04. The Morgan fingerprint density at radius 2 is 2.38 bits per heavy atom. The van der Waals surface area contributed by atoms with Crippen LogP contribution >= 0.6 is 0 Å². The Labute approximate surface area is 98.3 Å². The van der Waals surface area contributed by atoms with Crippen molar-refractivity contribution >= 4 is 0 Å². The van der Waals surface area contributed by atoms with Crippen molar-refractivity contribution < 1.29 is 0 Å². The molecule has 1 heterocycles. The topological polar surface area (TPSA) is 29.9 Å². The van der Waals surface area contributed by atoms with Gasteiger partial charge in [-0.15, -0.1) is 0 Å². The molecule has 0 aliphatic heterocycles. The summed E-state index contributed by atoms with van der Waals surface area (Å²) in [5, 5.41) is 3.72. The van der Waals surface area contributed by atoms with E-state index in [4.69, 9.17) is 0 Å². The third-order valence-corrected chi connectivity index (χ3v) is 3.81. The van der Waals surface area contributed by atoms with Crippen molar-refractivity contribution in [1.82, 2.24) is 14.9 Å². The maximum Gasteiger partial charge on any atom is 0.0949 e. The molecule has 3 heteroatoms. The summed E-state index contributed by atoms with van der Waals surface area (Å²) in [7, 11) is 0. The fraction of sp³-hybridized carbons (Fsp3) is 0.769. The molecule has 0 radical (unpaired) electrons. The predicted molar refractivity (Wildman–Crippen MR) is 66.4 cm³/mol. The summed E-state index contributed by atoms with van der Waals surface area (Å²) >= 11 is 0. The van der Waals surface area contributed by atoms with E-state index in [9.17, 15) is 0 Å². The number of hydrogen-bond donors (Lipinski definition) is 1. The highest BCUT2D eigenvalue weighted by Crippen LogP contribution is 2.29. The van der Waals surface area contributed by atoms with Gasteiger partial charge in [0, 0.05) is 24.5 Å². The predicted octanol–water partition coefficient (Wildman–Crippen LogP) is 2.61. The molecule has 16 heavy (non-hydrogen) atoms. The SMILES string of the molecule is CCC(C)CN[C@@H]1CCC[C@@H]1n1ccnc1. The monoisotopic (exact) mass is 221 g/mol. The highest BCUT2D eigenvalue weighted by atomic mass is 15.1. The van der Waals surface area contributed by atoms with E-state index in [0.29, 0.717) is 12.1 Å². The Kier molecular flexibility index (Phi) is 3.99. The van der Waals surface area contributed by atoms with Crippen molar-refractivity contribution in [2.24, 2.45) is 5.92 Å². The molecule has 1 aliphatic rings. The zero-order valence-electron chi connectivity index (χ0n) is 10.4. The van der Waals surface area contributed by atoms with Crippen molar-refractivity contribution in [2.75, 3.05) is 6.54 Å². The standard InChI is InChI=1S/C13H23N3/c1-3-11(2)9-15-12-5-4-6-13(12)16-8-7-14-10-16/h7-8,10-13,15H,3-6,9H2,1-2H3/t11?,12-,13+/m1/s1. The van der Waals surface area contributed by atoms with E-state index in [1.54, 1.807) is 0 Å². The summed E-state index contributed by atoms with van der Waals surface area (Å²) in [6.45, 7) is 5.72. The molecule has 3 atom stereocenters. The van der Waals surface area contributed by atoms with Crippen LogP contribution in [0.25, 0.3) is 0 Å².